The standard InChI is InChI=1S/C19H20N2O4S/c1-4-24-17-9-7-16(8-10-17)21-26(22,23)19-11-15(6-5-13(19)2)18-12-20-14(3)25-18/h5-12,21H,4H2,1-3H3. The lowest BCUT2D eigenvalue weighted by Crippen LogP contribution is -2.14. The van der Waals surface area contributed by atoms with Crippen LogP contribution in [0.1, 0.15) is 18.4 Å². The summed E-state index contributed by atoms with van der Waals surface area (Å²) in [4.78, 5) is 4.25. The van der Waals surface area contributed by atoms with E-state index in [0.29, 0.717) is 40.8 Å². The molecule has 0 saturated carbocycles. The van der Waals surface area contributed by atoms with Gasteiger partial charge in [0.1, 0.15) is 5.75 Å². The number of rotatable bonds is 6. The van der Waals surface area contributed by atoms with E-state index in [2.05, 4.69) is 9.71 Å². The van der Waals surface area contributed by atoms with Gasteiger partial charge in [0.25, 0.3) is 10.0 Å². The summed E-state index contributed by atoms with van der Waals surface area (Å²) < 4.78 is 39.1. The second kappa shape index (κ2) is 7.21. The molecule has 1 aromatic heterocycles. The van der Waals surface area contributed by atoms with Gasteiger partial charge >= 0.3 is 0 Å². The van der Waals surface area contributed by atoms with Gasteiger partial charge in [-0.2, -0.15) is 0 Å². The average Bonchev–Trinajstić information content (AvgIpc) is 3.03. The minimum atomic E-state index is -3.75. The van der Waals surface area contributed by atoms with E-state index in [-0.39, 0.29) is 4.90 Å². The normalized spacial score (nSPS) is 11.3. The second-order valence-corrected chi connectivity index (χ2v) is 7.44. The molecule has 0 bridgehead atoms. The number of oxazole rings is 1. The van der Waals surface area contributed by atoms with Crippen molar-refractivity contribution in [2.24, 2.45) is 0 Å². The van der Waals surface area contributed by atoms with E-state index in [1.54, 1.807) is 56.4 Å². The molecule has 7 heteroatoms. The predicted octanol–water partition coefficient (Wildman–Crippen LogP) is 4.16. The van der Waals surface area contributed by atoms with Gasteiger partial charge in [0, 0.05) is 18.2 Å². The Balaban J connectivity index is 1.91. The molecular formula is C19H20N2O4S. The molecule has 0 aliphatic rings. The fourth-order valence-electron chi connectivity index (χ4n) is 2.53. The molecule has 0 fully saturated rings. The van der Waals surface area contributed by atoms with Crippen LogP contribution < -0.4 is 9.46 Å². The summed E-state index contributed by atoms with van der Waals surface area (Å²) in [6, 6.07) is 11.9. The van der Waals surface area contributed by atoms with Gasteiger partial charge in [0.05, 0.1) is 17.7 Å². The maximum atomic E-state index is 12.8. The summed E-state index contributed by atoms with van der Waals surface area (Å²) in [7, 11) is -3.75. The smallest absolute Gasteiger partial charge is 0.262 e. The van der Waals surface area contributed by atoms with Gasteiger partial charge < -0.3 is 9.15 Å². The molecule has 3 aromatic rings. The number of hydrogen-bond acceptors (Lipinski definition) is 5. The van der Waals surface area contributed by atoms with Crippen LogP contribution in [0.4, 0.5) is 5.69 Å². The van der Waals surface area contributed by atoms with Crippen LogP contribution in [0.2, 0.25) is 0 Å². The van der Waals surface area contributed by atoms with Gasteiger partial charge in [-0.3, -0.25) is 4.72 Å². The quantitative estimate of drug-likeness (QED) is 0.703. The number of benzene rings is 2. The molecule has 0 radical (unpaired) electrons. The van der Waals surface area contributed by atoms with Crippen LogP contribution in [0.5, 0.6) is 5.75 Å². The number of aryl methyl sites for hydroxylation is 2. The summed E-state index contributed by atoms with van der Waals surface area (Å²) in [6.07, 6.45) is 1.58. The summed E-state index contributed by atoms with van der Waals surface area (Å²) in [5.74, 6) is 1.74. The Kier molecular flexibility index (Phi) is 4.99. The molecule has 6 nitrogen and oxygen atoms in total. The highest BCUT2D eigenvalue weighted by molar-refractivity contribution is 7.92. The zero-order valence-electron chi connectivity index (χ0n) is 14.8. The molecule has 0 spiro atoms. The van der Waals surface area contributed by atoms with Crippen molar-refractivity contribution in [3.8, 4) is 17.1 Å². The molecule has 0 aliphatic heterocycles. The Labute approximate surface area is 152 Å². The predicted molar refractivity (Wildman–Crippen MR) is 99.8 cm³/mol. The molecule has 26 heavy (non-hydrogen) atoms. The maximum absolute atomic E-state index is 12.8. The Hall–Kier alpha value is -2.80. The molecule has 0 aliphatic carbocycles. The first-order valence-electron chi connectivity index (χ1n) is 8.18. The van der Waals surface area contributed by atoms with E-state index in [0.717, 1.165) is 0 Å². The summed E-state index contributed by atoms with van der Waals surface area (Å²) in [6.45, 7) is 5.94. The van der Waals surface area contributed by atoms with E-state index in [1.807, 2.05) is 13.0 Å². The number of aromatic nitrogens is 1. The molecule has 3 rings (SSSR count). The Morgan fingerprint density at radius 1 is 1.12 bits per heavy atom. The number of sulfonamides is 1. The summed E-state index contributed by atoms with van der Waals surface area (Å²) in [5.41, 5.74) is 1.76. The number of nitrogens with one attached hydrogen (secondary N) is 1. The fourth-order valence-corrected chi connectivity index (χ4v) is 3.86. The second-order valence-electron chi connectivity index (χ2n) is 5.79. The van der Waals surface area contributed by atoms with Crippen LogP contribution in [0.15, 0.2) is 58.0 Å². The largest absolute Gasteiger partial charge is 0.494 e. The van der Waals surface area contributed by atoms with E-state index < -0.39 is 10.0 Å². The third-order valence-electron chi connectivity index (χ3n) is 3.80. The topological polar surface area (TPSA) is 81.4 Å². The highest BCUT2D eigenvalue weighted by atomic mass is 32.2. The lowest BCUT2D eigenvalue weighted by Gasteiger charge is -2.12. The summed E-state index contributed by atoms with van der Waals surface area (Å²) in [5, 5.41) is 0. The molecule has 1 heterocycles. The molecular weight excluding hydrogens is 352 g/mol. The molecule has 0 unspecified atom stereocenters. The molecule has 0 amide bonds. The zero-order valence-corrected chi connectivity index (χ0v) is 15.6. The maximum Gasteiger partial charge on any atom is 0.262 e. The third-order valence-corrected chi connectivity index (χ3v) is 5.32. The first-order valence-corrected chi connectivity index (χ1v) is 9.66. The minimum absolute atomic E-state index is 0.193. The monoisotopic (exact) mass is 372 g/mol. The van der Waals surface area contributed by atoms with Crippen molar-refractivity contribution in [2.45, 2.75) is 25.7 Å². The van der Waals surface area contributed by atoms with Crippen molar-refractivity contribution < 1.29 is 17.6 Å². The zero-order chi connectivity index (χ0) is 18.7. The van der Waals surface area contributed by atoms with E-state index in [1.165, 1.54) is 0 Å². The number of anilines is 1. The van der Waals surface area contributed by atoms with Crippen molar-refractivity contribution in [3.63, 3.8) is 0 Å². The van der Waals surface area contributed by atoms with Crippen molar-refractivity contribution in [1.82, 2.24) is 4.98 Å². The lowest BCUT2D eigenvalue weighted by atomic mass is 10.1. The highest BCUT2D eigenvalue weighted by Crippen LogP contribution is 2.27. The van der Waals surface area contributed by atoms with Gasteiger partial charge in [-0.25, -0.2) is 13.4 Å². The molecule has 0 saturated heterocycles. The van der Waals surface area contributed by atoms with Crippen LogP contribution in [0.3, 0.4) is 0 Å². The summed E-state index contributed by atoms with van der Waals surface area (Å²) >= 11 is 0. The Bertz CT molecular complexity index is 1010. The van der Waals surface area contributed by atoms with Crippen LogP contribution in [0.25, 0.3) is 11.3 Å². The molecule has 136 valence electrons. The molecule has 0 atom stereocenters. The first kappa shape index (κ1) is 18.0. The van der Waals surface area contributed by atoms with Gasteiger partial charge in [-0.1, -0.05) is 12.1 Å². The average molecular weight is 372 g/mol. The van der Waals surface area contributed by atoms with Crippen molar-refractivity contribution in [3.05, 3.63) is 60.1 Å². The molecule has 2 aromatic carbocycles. The van der Waals surface area contributed by atoms with Crippen molar-refractivity contribution >= 4 is 15.7 Å². The van der Waals surface area contributed by atoms with E-state index in [9.17, 15) is 8.42 Å². The minimum Gasteiger partial charge on any atom is -0.494 e. The number of nitrogens with zero attached hydrogens (tertiary/aromatic N) is 1. The van der Waals surface area contributed by atoms with Crippen LogP contribution in [-0.4, -0.2) is 20.0 Å². The highest BCUT2D eigenvalue weighted by Gasteiger charge is 2.19. The lowest BCUT2D eigenvalue weighted by molar-refractivity contribution is 0.340. The number of ether oxygens (including phenoxy) is 1. The third kappa shape index (κ3) is 3.88. The van der Waals surface area contributed by atoms with Gasteiger partial charge in [0.15, 0.2) is 11.7 Å². The van der Waals surface area contributed by atoms with Crippen LogP contribution in [-0.2, 0) is 10.0 Å². The fraction of sp³-hybridized carbons (Fsp3) is 0.211. The van der Waals surface area contributed by atoms with Crippen LogP contribution in [0, 0.1) is 13.8 Å². The number of hydrogen-bond donors (Lipinski definition) is 1. The van der Waals surface area contributed by atoms with Gasteiger partial charge in [0.2, 0.25) is 0 Å². The van der Waals surface area contributed by atoms with Crippen LogP contribution >= 0.6 is 0 Å². The van der Waals surface area contributed by atoms with E-state index in [4.69, 9.17) is 9.15 Å². The van der Waals surface area contributed by atoms with E-state index >= 15 is 0 Å². The van der Waals surface area contributed by atoms with Crippen molar-refractivity contribution in [2.75, 3.05) is 11.3 Å². The first-order chi connectivity index (χ1) is 12.4. The molecule has 1 N–H and O–H groups in total. The van der Waals surface area contributed by atoms with Gasteiger partial charge in [-0.05, 0) is 49.7 Å². The van der Waals surface area contributed by atoms with Gasteiger partial charge in [-0.15, -0.1) is 0 Å². The Morgan fingerprint density at radius 3 is 2.46 bits per heavy atom. The van der Waals surface area contributed by atoms with Crippen molar-refractivity contribution in [1.29, 1.82) is 0 Å². The Morgan fingerprint density at radius 2 is 1.85 bits per heavy atom. The SMILES string of the molecule is CCOc1ccc(NS(=O)(=O)c2cc(-c3cnc(C)o3)ccc2C)cc1.